The number of aliphatic carboxylic acids is 1. The molecule has 0 spiro atoms. The normalized spacial score (nSPS) is 18.4. The smallest absolute Gasteiger partial charge is 0.420 e. The second-order valence-corrected chi connectivity index (χ2v) is 5.34. The van der Waals surface area contributed by atoms with Crippen molar-refractivity contribution in [1.29, 1.82) is 0 Å². The number of alkyl halides is 3. The van der Waals surface area contributed by atoms with Gasteiger partial charge in [0.2, 0.25) is 0 Å². The zero-order chi connectivity index (χ0) is 15.8. The fourth-order valence-electron chi connectivity index (χ4n) is 2.95. The van der Waals surface area contributed by atoms with Crippen LogP contribution in [0.3, 0.4) is 0 Å². The first-order valence-corrected chi connectivity index (χ1v) is 6.55. The van der Waals surface area contributed by atoms with Crippen molar-refractivity contribution in [3.63, 3.8) is 0 Å². The second-order valence-electron chi connectivity index (χ2n) is 5.34. The summed E-state index contributed by atoms with van der Waals surface area (Å²) in [6.07, 6.45) is -2.72. The first-order valence-electron chi connectivity index (χ1n) is 6.55. The summed E-state index contributed by atoms with van der Waals surface area (Å²) in [5.41, 5.74) is -3.35. The molecule has 0 bridgehead atoms. The molecule has 21 heavy (non-hydrogen) atoms. The predicted molar refractivity (Wildman–Crippen MR) is 67.2 cm³/mol. The number of phenols is 2. The molecule has 1 fully saturated rings. The standard InChI is InChI=1S/C14H15F3O4/c15-14(16,17)10-7-8(18)6-9(11(10)19)13(12(20)21)4-2-1-3-5-13/h6-7,18-19H,1-5H2,(H,20,21). The minimum atomic E-state index is -4.87. The molecule has 0 unspecified atom stereocenters. The van der Waals surface area contributed by atoms with Gasteiger partial charge in [0, 0.05) is 5.56 Å². The first-order chi connectivity index (χ1) is 9.68. The Morgan fingerprint density at radius 2 is 1.67 bits per heavy atom. The Balaban J connectivity index is 2.67. The van der Waals surface area contributed by atoms with E-state index < -0.39 is 34.6 Å². The molecule has 116 valence electrons. The number of hydrogen-bond acceptors (Lipinski definition) is 3. The highest BCUT2D eigenvalue weighted by Crippen LogP contribution is 2.48. The van der Waals surface area contributed by atoms with E-state index in [9.17, 15) is 33.3 Å². The van der Waals surface area contributed by atoms with Gasteiger partial charge in [0.1, 0.15) is 17.1 Å². The zero-order valence-corrected chi connectivity index (χ0v) is 11.1. The Bertz CT molecular complexity index is 560. The molecule has 2 rings (SSSR count). The predicted octanol–water partition coefficient (Wildman–Crippen LogP) is 3.40. The van der Waals surface area contributed by atoms with Crippen LogP contribution in [-0.4, -0.2) is 21.3 Å². The molecule has 1 aliphatic rings. The molecule has 0 saturated heterocycles. The molecule has 4 nitrogen and oxygen atoms in total. The summed E-state index contributed by atoms with van der Waals surface area (Å²) >= 11 is 0. The van der Waals surface area contributed by atoms with Crippen molar-refractivity contribution in [2.45, 2.75) is 43.7 Å². The summed E-state index contributed by atoms with van der Waals surface area (Å²) < 4.78 is 38.6. The molecule has 0 atom stereocenters. The van der Waals surface area contributed by atoms with E-state index in [2.05, 4.69) is 0 Å². The Kier molecular flexibility index (Phi) is 3.78. The second kappa shape index (κ2) is 5.13. The number of rotatable bonds is 2. The third-order valence-corrected chi connectivity index (χ3v) is 4.03. The Labute approximate surface area is 118 Å². The van der Waals surface area contributed by atoms with Crippen molar-refractivity contribution in [2.75, 3.05) is 0 Å². The van der Waals surface area contributed by atoms with Gasteiger partial charge < -0.3 is 15.3 Å². The Hall–Kier alpha value is -1.92. The number of carboxylic acid groups (broad SMARTS) is 1. The molecule has 1 aromatic carbocycles. The number of hydrogen-bond donors (Lipinski definition) is 3. The van der Waals surface area contributed by atoms with Crippen LogP contribution < -0.4 is 0 Å². The molecular formula is C14H15F3O4. The van der Waals surface area contributed by atoms with Gasteiger partial charge in [0.05, 0.1) is 5.41 Å². The summed E-state index contributed by atoms with van der Waals surface area (Å²) in [5.74, 6) is -3.10. The van der Waals surface area contributed by atoms with Gasteiger partial charge in [0.15, 0.2) is 0 Å². The molecule has 1 aliphatic carbocycles. The number of carboxylic acids is 1. The fraction of sp³-hybridized carbons (Fsp3) is 0.500. The maximum Gasteiger partial charge on any atom is 0.420 e. The van der Waals surface area contributed by atoms with Crippen LogP contribution in [0.15, 0.2) is 12.1 Å². The zero-order valence-electron chi connectivity index (χ0n) is 11.1. The van der Waals surface area contributed by atoms with E-state index in [-0.39, 0.29) is 18.4 Å². The molecule has 1 saturated carbocycles. The van der Waals surface area contributed by atoms with E-state index in [1.165, 1.54) is 0 Å². The number of phenolic OH excluding ortho intramolecular Hbond substituents is 2. The molecule has 0 amide bonds. The number of benzene rings is 1. The van der Waals surface area contributed by atoms with E-state index in [4.69, 9.17) is 0 Å². The summed E-state index contributed by atoms with van der Waals surface area (Å²) in [6, 6.07) is 1.32. The van der Waals surface area contributed by atoms with Crippen LogP contribution in [-0.2, 0) is 16.4 Å². The molecule has 0 aromatic heterocycles. The van der Waals surface area contributed by atoms with Crippen molar-refractivity contribution in [3.8, 4) is 11.5 Å². The van der Waals surface area contributed by atoms with E-state index in [0.29, 0.717) is 18.9 Å². The minimum Gasteiger partial charge on any atom is -0.508 e. The third-order valence-electron chi connectivity index (χ3n) is 4.03. The van der Waals surface area contributed by atoms with E-state index in [0.717, 1.165) is 12.5 Å². The number of aromatic hydroxyl groups is 2. The number of halogens is 3. The lowest BCUT2D eigenvalue weighted by Gasteiger charge is -2.34. The first kappa shape index (κ1) is 15.5. The summed E-state index contributed by atoms with van der Waals surface area (Å²) in [4.78, 5) is 11.6. The van der Waals surface area contributed by atoms with E-state index in [1.807, 2.05) is 0 Å². The lowest BCUT2D eigenvalue weighted by atomic mass is 9.68. The van der Waals surface area contributed by atoms with Gasteiger partial charge in [-0.3, -0.25) is 4.79 Å². The summed E-state index contributed by atoms with van der Waals surface area (Å²) in [6.45, 7) is 0. The SMILES string of the molecule is O=C(O)C1(c2cc(O)cc(C(F)(F)F)c2O)CCCCC1. The van der Waals surface area contributed by atoms with Crippen molar-refractivity contribution < 1.29 is 33.3 Å². The van der Waals surface area contributed by atoms with Crippen molar-refractivity contribution in [1.82, 2.24) is 0 Å². The Morgan fingerprint density at radius 3 is 2.14 bits per heavy atom. The molecule has 0 radical (unpaired) electrons. The van der Waals surface area contributed by atoms with E-state index >= 15 is 0 Å². The summed E-state index contributed by atoms with van der Waals surface area (Å²) in [7, 11) is 0. The van der Waals surface area contributed by atoms with Crippen LogP contribution >= 0.6 is 0 Å². The van der Waals surface area contributed by atoms with Crippen molar-refractivity contribution in [2.24, 2.45) is 0 Å². The highest BCUT2D eigenvalue weighted by molar-refractivity contribution is 5.83. The molecule has 1 aromatic rings. The molecular weight excluding hydrogens is 289 g/mol. The largest absolute Gasteiger partial charge is 0.508 e. The van der Waals surface area contributed by atoms with Crippen LogP contribution in [0, 0.1) is 0 Å². The fourth-order valence-corrected chi connectivity index (χ4v) is 2.95. The maximum absolute atomic E-state index is 12.9. The minimum absolute atomic E-state index is 0.136. The number of carbonyl (C=O) groups is 1. The van der Waals surface area contributed by atoms with Crippen LogP contribution in [0.25, 0.3) is 0 Å². The molecule has 0 aliphatic heterocycles. The Morgan fingerprint density at radius 1 is 1.10 bits per heavy atom. The lowest BCUT2D eigenvalue weighted by molar-refractivity contribution is -0.146. The van der Waals surface area contributed by atoms with Gasteiger partial charge in [-0.15, -0.1) is 0 Å². The maximum atomic E-state index is 12.9. The summed E-state index contributed by atoms with van der Waals surface area (Å²) in [5, 5.41) is 28.9. The highest BCUT2D eigenvalue weighted by atomic mass is 19.4. The molecule has 3 N–H and O–H groups in total. The van der Waals surface area contributed by atoms with Crippen LogP contribution in [0.2, 0.25) is 0 Å². The van der Waals surface area contributed by atoms with Gasteiger partial charge in [-0.1, -0.05) is 19.3 Å². The molecule has 7 heteroatoms. The van der Waals surface area contributed by atoms with Crippen LogP contribution in [0.5, 0.6) is 11.5 Å². The average Bonchev–Trinajstić information content (AvgIpc) is 2.40. The van der Waals surface area contributed by atoms with Gasteiger partial charge in [-0.25, -0.2) is 0 Å². The van der Waals surface area contributed by atoms with E-state index in [1.54, 1.807) is 0 Å². The van der Waals surface area contributed by atoms with Crippen LogP contribution in [0.4, 0.5) is 13.2 Å². The third kappa shape index (κ3) is 2.64. The van der Waals surface area contributed by atoms with Crippen molar-refractivity contribution in [3.05, 3.63) is 23.3 Å². The van der Waals surface area contributed by atoms with Gasteiger partial charge >= 0.3 is 12.1 Å². The van der Waals surface area contributed by atoms with Gasteiger partial charge in [-0.05, 0) is 25.0 Å². The van der Waals surface area contributed by atoms with Crippen LogP contribution in [0.1, 0.15) is 43.2 Å². The lowest BCUT2D eigenvalue weighted by Crippen LogP contribution is -2.38. The monoisotopic (exact) mass is 304 g/mol. The molecule has 0 heterocycles. The van der Waals surface area contributed by atoms with Crippen molar-refractivity contribution >= 4 is 5.97 Å². The highest BCUT2D eigenvalue weighted by Gasteiger charge is 2.46. The van der Waals surface area contributed by atoms with Gasteiger partial charge in [0.25, 0.3) is 0 Å². The average molecular weight is 304 g/mol. The van der Waals surface area contributed by atoms with Gasteiger partial charge in [-0.2, -0.15) is 13.2 Å². The topological polar surface area (TPSA) is 77.8 Å². The quantitative estimate of drug-likeness (QED) is 0.732.